The van der Waals surface area contributed by atoms with Crippen LogP contribution in [0.5, 0.6) is 0 Å². The first kappa shape index (κ1) is 16.0. The second kappa shape index (κ2) is 6.38. The molecule has 1 aliphatic rings. The zero-order valence-corrected chi connectivity index (χ0v) is 13.1. The van der Waals surface area contributed by atoms with E-state index in [9.17, 15) is 5.11 Å². The van der Waals surface area contributed by atoms with Gasteiger partial charge in [-0.3, -0.25) is 0 Å². The molecule has 108 valence electrons. The maximum atomic E-state index is 10.7. The van der Waals surface area contributed by atoms with E-state index in [0.29, 0.717) is 12.5 Å². The monoisotopic (exact) mass is 256 g/mol. The average molecular weight is 256 g/mol. The van der Waals surface area contributed by atoms with Crippen molar-refractivity contribution in [1.82, 2.24) is 0 Å². The molecule has 0 heterocycles. The van der Waals surface area contributed by atoms with Gasteiger partial charge in [0.15, 0.2) is 0 Å². The summed E-state index contributed by atoms with van der Waals surface area (Å²) in [6.45, 7) is 13.8. The number of aliphatic hydroxyl groups excluding tert-OH is 1. The van der Waals surface area contributed by atoms with Crippen LogP contribution in [-0.2, 0) is 4.74 Å². The molecule has 4 atom stereocenters. The summed E-state index contributed by atoms with van der Waals surface area (Å²) in [4.78, 5) is 0. The van der Waals surface area contributed by atoms with Gasteiger partial charge < -0.3 is 9.84 Å². The van der Waals surface area contributed by atoms with Gasteiger partial charge >= 0.3 is 0 Å². The number of hydrogen-bond acceptors (Lipinski definition) is 2. The van der Waals surface area contributed by atoms with Gasteiger partial charge in [0.1, 0.15) is 0 Å². The maximum Gasteiger partial charge on any atom is 0.0884 e. The molecule has 1 N–H and O–H groups in total. The standard InChI is InChI=1S/C16H32O2/c1-7-18-15(16(4,5)6)14(17)13-9-11(2)8-12(3)10-13/h11-15,17H,7-10H2,1-6H3. The molecule has 4 unspecified atom stereocenters. The van der Waals surface area contributed by atoms with Crippen molar-refractivity contribution < 1.29 is 9.84 Å². The molecule has 18 heavy (non-hydrogen) atoms. The topological polar surface area (TPSA) is 29.5 Å². The van der Waals surface area contributed by atoms with Crippen molar-refractivity contribution in [3.8, 4) is 0 Å². The highest BCUT2D eigenvalue weighted by Gasteiger charge is 2.38. The van der Waals surface area contributed by atoms with E-state index >= 15 is 0 Å². The molecule has 0 spiro atoms. The minimum atomic E-state index is -0.324. The van der Waals surface area contributed by atoms with Crippen molar-refractivity contribution in [3.63, 3.8) is 0 Å². The number of ether oxygens (including phenoxy) is 1. The molecule has 2 nitrogen and oxygen atoms in total. The van der Waals surface area contributed by atoms with Crippen molar-refractivity contribution in [2.45, 2.75) is 73.0 Å². The van der Waals surface area contributed by atoms with Crippen molar-refractivity contribution >= 4 is 0 Å². The van der Waals surface area contributed by atoms with Gasteiger partial charge in [0.25, 0.3) is 0 Å². The molecular formula is C16H32O2. The molecule has 0 bridgehead atoms. The van der Waals surface area contributed by atoms with Crippen LogP contribution in [-0.4, -0.2) is 23.9 Å². The second-order valence-corrected chi connectivity index (χ2v) is 7.41. The lowest BCUT2D eigenvalue weighted by atomic mass is 9.70. The minimum absolute atomic E-state index is 0.000645. The molecule has 1 aliphatic carbocycles. The first-order valence-corrected chi connectivity index (χ1v) is 7.55. The lowest BCUT2D eigenvalue weighted by molar-refractivity contribution is -0.117. The maximum absolute atomic E-state index is 10.7. The Kier molecular flexibility index (Phi) is 5.67. The summed E-state index contributed by atoms with van der Waals surface area (Å²) in [6, 6.07) is 0. The van der Waals surface area contributed by atoms with Gasteiger partial charge in [-0.05, 0) is 49.4 Å². The van der Waals surface area contributed by atoms with E-state index in [1.54, 1.807) is 0 Å². The Labute approximate surface area is 113 Å². The van der Waals surface area contributed by atoms with Gasteiger partial charge in [-0.2, -0.15) is 0 Å². The first-order valence-electron chi connectivity index (χ1n) is 7.55. The highest BCUT2D eigenvalue weighted by atomic mass is 16.5. The molecule has 2 heteroatoms. The van der Waals surface area contributed by atoms with E-state index in [1.807, 2.05) is 6.92 Å². The van der Waals surface area contributed by atoms with E-state index in [0.717, 1.165) is 24.7 Å². The predicted octanol–water partition coefficient (Wildman–Crippen LogP) is 3.87. The summed E-state index contributed by atoms with van der Waals surface area (Å²) in [7, 11) is 0. The largest absolute Gasteiger partial charge is 0.390 e. The first-order chi connectivity index (χ1) is 8.25. The lowest BCUT2D eigenvalue weighted by Crippen LogP contribution is -2.46. The smallest absolute Gasteiger partial charge is 0.0884 e. The summed E-state index contributed by atoms with van der Waals surface area (Å²) in [5.74, 6) is 1.87. The lowest BCUT2D eigenvalue weighted by Gasteiger charge is -2.41. The molecule has 0 aromatic rings. The zero-order valence-electron chi connectivity index (χ0n) is 13.1. The predicted molar refractivity (Wildman–Crippen MR) is 76.5 cm³/mol. The fraction of sp³-hybridized carbons (Fsp3) is 1.00. The van der Waals surface area contributed by atoms with E-state index in [4.69, 9.17) is 4.74 Å². The fourth-order valence-corrected chi connectivity index (χ4v) is 3.58. The Balaban J connectivity index is 2.72. The highest BCUT2D eigenvalue weighted by molar-refractivity contribution is 4.89. The molecule has 1 rings (SSSR count). The minimum Gasteiger partial charge on any atom is -0.390 e. The van der Waals surface area contributed by atoms with Gasteiger partial charge in [0.05, 0.1) is 12.2 Å². The van der Waals surface area contributed by atoms with Gasteiger partial charge in [-0.25, -0.2) is 0 Å². The van der Waals surface area contributed by atoms with E-state index in [-0.39, 0.29) is 17.6 Å². The van der Waals surface area contributed by atoms with Gasteiger partial charge in [-0.1, -0.05) is 34.6 Å². The van der Waals surface area contributed by atoms with E-state index in [2.05, 4.69) is 34.6 Å². The quantitative estimate of drug-likeness (QED) is 0.827. The van der Waals surface area contributed by atoms with Crippen LogP contribution in [0.25, 0.3) is 0 Å². The van der Waals surface area contributed by atoms with Crippen LogP contribution in [0.1, 0.15) is 60.8 Å². The van der Waals surface area contributed by atoms with Crippen LogP contribution in [0.2, 0.25) is 0 Å². The third-order valence-corrected chi connectivity index (χ3v) is 4.21. The van der Waals surface area contributed by atoms with Gasteiger partial charge in [0.2, 0.25) is 0 Å². The third-order valence-electron chi connectivity index (χ3n) is 4.21. The Morgan fingerprint density at radius 2 is 1.61 bits per heavy atom. The Hall–Kier alpha value is -0.0800. The SMILES string of the molecule is CCOC(C(O)C1CC(C)CC(C)C1)C(C)(C)C. The van der Waals surface area contributed by atoms with Crippen molar-refractivity contribution in [2.24, 2.45) is 23.2 Å². The summed E-state index contributed by atoms with van der Waals surface area (Å²) < 4.78 is 5.84. The molecule has 0 aromatic heterocycles. The molecule has 0 amide bonds. The number of aliphatic hydroxyl groups is 1. The highest BCUT2D eigenvalue weighted by Crippen LogP contribution is 2.38. The second-order valence-electron chi connectivity index (χ2n) is 7.41. The summed E-state index contributed by atoms with van der Waals surface area (Å²) in [5.41, 5.74) is -0.000645. The van der Waals surface area contributed by atoms with E-state index in [1.165, 1.54) is 6.42 Å². The third kappa shape index (κ3) is 4.24. The van der Waals surface area contributed by atoms with Crippen LogP contribution < -0.4 is 0 Å². The van der Waals surface area contributed by atoms with E-state index < -0.39 is 0 Å². The molecule has 0 saturated heterocycles. The Bertz CT molecular complexity index is 234. The number of rotatable bonds is 4. The normalized spacial score (nSPS) is 33.2. The molecule has 0 aliphatic heterocycles. The summed E-state index contributed by atoms with van der Waals surface area (Å²) in [5, 5.41) is 10.7. The Morgan fingerprint density at radius 3 is 2.00 bits per heavy atom. The molecular weight excluding hydrogens is 224 g/mol. The van der Waals surface area contributed by atoms with Gasteiger partial charge in [0, 0.05) is 6.61 Å². The van der Waals surface area contributed by atoms with Crippen molar-refractivity contribution in [1.29, 1.82) is 0 Å². The average Bonchev–Trinajstić information content (AvgIpc) is 2.22. The van der Waals surface area contributed by atoms with Crippen LogP contribution in [0.3, 0.4) is 0 Å². The van der Waals surface area contributed by atoms with Gasteiger partial charge in [-0.15, -0.1) is 0 Å². The fourth-order valence-electron chi connectivity index (χ4n) is 3.58. The molecule has 1 saturated carbocycles. The van der Waals surface area contributed by atoms with Crippen LogP contribution in [0.15, 0.2) is 0 Å². The van der Waals surface area contributed by atoms with Crippen LogP contribution >= 0.6 is 0 Å². The van der Waals surface area contributed by atoms with Crippen molar-refractivity contribution in [3.05, 3.63) is 0 Å². The zero-order chi connectivity index (χ0) is 13.9. The van der Waals surface area contributed by atoms with Crippen LogP contribution in [0, 0.1) is 23.2 Å². The summed E-state index contributed by atoms with van der Waals surface area (Å²) >= 11 is 0. The molecule has 0 aromatic carbocycles. The molecule has 0 radical (unpaired) electrons. The summed E-state index contributed by atoms with van der Waals surface area (Å²) in [6.07, 6.45) is 3.22. The number of hydrogen-bond donors (Lipinski definition) is 1. The Morgan fingerprint density at radius 1 is 1.11 bits per heavy atom. The van der Waals surface area contributed by atoms with Crippen LogP contribution in [0.4, 0.5) is 0 Å². The molecule has 1 fully saturated rings. The van der Waals surface area contributed by atoms with Crippen molar-refractivity contribution in [2.75, 3.05) is 6.61 Å².